The van der Waals surface area contributed by atoms with E-state index in [1.54, 1.807) is 11.3 Å². The summed E-state index contributed by atoms with van der Waals surface area (Å²) in [5.41, 5.74) is 1.27. The molecule has 0 aliphatic heterocycles. The van der Waals surface area contributed by atoms with Crippen LogP contribution < -0.4 is 10.6 Å². The molecule has 1 unspecified atom stereocenters. The molecule has 1 amide bonds. The Balaban J connectivity index is 1.60. The summed E-state index contributed by atoms with van der Waals surface area (Å²) in [5.74, 6) is 0.113. The maximum Gasteiger partial charge on any atom is 0.237 e. The molecule has 0 radical (unpaired) electrons. The number of nitrogens with one attached hydrogen (secondary N) is 2. The summed E-state index contributed by atoms with van der Waals surface area (Å²) >= 11 is 1.75. The Labute approximate surface area is 117 Å². The summed E-state index contributed by atoms with van der Waals surface area (Å²) in [6.45, 7) is 2.66. The lowest BCUT2D eigenvalue weighted by Gasteiger charge is -2.13. The molecule has 1 atom stereocenters. The van der Waals surface area contributed by atoms with Gasteiger partial charge < -0.3 is 10.6 Å². The van der Waals surface area contributed by atoms with Gasteiger partial charge in [-0.15, -0.1) is 11.3 Å². The van der Waals surface area contributed by atoms with Crippen LogP contribution in [0.1, 0.15) is 25.3 Å². The van der Waals surface area contributed by atoms with Gasteiger partial charge in [0.05, 0.1) is 6.04 Å². The summed E-state index contributed by atoms with van der Waals surface area (Å²) in [5, 5.41) is 9.78. The molecule has 2 aromatic rings. The zero-order chi connectivity index (χ0) is 13.2. The second kappa shape index (κ2) is 5.31. The van der Waals surface area contributed by atoms with Crippen molar-refractivity contribution >= 4 is 27.3 Å². The van der Waals surface area contributed by atoms with Crippen LogP contribution in [0.25, 0.3) is 10.1 Å². The van der Waals surface area contributed by atoms with Gasteiger partial charge in [0.15, 0.2) is 0 Å². The number of fused-ring (bicyclic) bond motifs is 1. The normalized spacial score (nSPS) is 16.5. The molecule has 0 spiro atoms. The molecular formula is C15H18N2OS. The van der Waals surface area contributed by atoms with E-state index < -0.39 is 0 Å². The Hall–Kier alpha value is -1.39. The number of carbonyl (C=O) groups excluding carboxylic acids is 1. The van der Waals surface area contributed by atoms with Crippen molar-refractivity contribution in [2.24, 2.45) is 0 Å². The minimum absolute atomic E-state index is 0.113. The molecular weight excluding hydrogens is 256 g/mol. The quantitative estimate of drug-likeness (QED) is 0.880. The second-order valence-corrected chi connectivity index (χ2v) is 6.05. The van der Waals surface area contributed by atoms with Crippen LogP contribution in [-0.4, -0.2) is 18.0 Å². The van der Waals surface area contributed by atoms with E-state index in [0.29, 0.717) is 6.04 Å². The Morgan fingerprint density at radius 2 is 2.21 bits per heavy atom. The molecule has 1 fully saturated rings. The molecule has 1 aromatic carbocycles. The Morgan fingerprint density at radius 3 is 3.00 bits per heavy atom. The predicted molar refractivity (Wildman–Crippen MR) is 79.3 cm³/mol. The molecule has 1 aromatic heterocycles. The molecule has 3 nitrogen and oxygen atoms in total. The van der Waals surface area contributed by atoms with E-state index >= 15 is 0 Å². The van der Waals surface area contributed by atoms with E-state index in [1.165, 1.54) is 15.6 Å². The third-order valence-electron chi connectivity index (χ3n) is 3.48. The number of rotatable bonds is 5. The number of carbonyl (C=O) groups is 1. The molecule has 0 saturated heterocycles. The van der Waals surface area contributed by atoms with Crippen molar-refractivity contribution in [1.82, 2.24) is 10.6 Å². The highest BCUT2D eigenvalue weighted by Crippen LogP contribution is 2.25. The molecule has 0 bridgehead atoms. The molecule has 1 saturated carbocycles. The van der Waals surface area contributed by atoms with Crippen molar-refractivity contribution < 1.29 is 4.79 Å². The Kier molecular flexibility index (Phi) is 3.53. The molecule has 1 aliphatic rings. The average molecular weight is 274 g/mol. The lowest BCUT2D eigenvalue weighted by molar-refractivity contribution is -0.122. The minimum Gasteiger partial charge on any atom is -0.352 e. The first-order valence-electron chi connectivity index (χ1n) is 6.73. The van der Waals surface area contributed by atoms with Crippen LogP contribution in [0.5, 0.6) is 0 Å². The van der Waals surface area contributed by atoms with Gasteiger partial charge in [-0.05, 0) is 42.2 Å². The number of thiophene rings is 1. The zero-order valence-corrected chi connectivity index (χ0v) is 11.8. The van der Waals surface area contributed by atoms with Crippen LogP contribution in [0.15, 0.2) is 29.6 Å². The highest BCUT2D eigenvalue weighted by atomic mass is 32.1. The van der Waals surface area contributed by atoms with Crippen molar-refractivity contribution in [2.45, 2.75) is 38.4 Å². The molecule has 3 rings (SSSR count). The van der Waals surface area contributed by atoms with Gasteiger partial charge in [0.2, 0.25) is 5.91 Å². The summed E-state index contributed by atoms with van der Waals surface area (Å²) in [6.07, 6.45) is 2.27. The maximum atomic E-state index is 11.8. The number of amides is 1. The fourth-order valence-corrected chi connectivity index (χ4v) is 3.04. The average Bonchev–Trinajstić information content (AvgIpc) is 3.14. The van der Waals surface area contributed by atoms with Gasteiger partial charge >= 0.3 is 0 Å². The minimum atomic E-state index is -0.140. The summed E-state index contributed by atoms with van der Waals surface area (Å²) in [6, 6.07) is 8.67. The number of hydrogen-bond donors (Lipinski definition) is 2. The van der Waals surface area contributed by atoms with Crippen molar-refractivity contribution in [3.05, 3.63) is 35.2 Å². The van der Waals surface area contributed by atoms with Gasteiger partial charge in [-0.25, -0.2) is 0 Å². The Bertz CT molecular complexity index is 589. The summed E-state index contributed by atoms with van der Waals surface area (Å²) < 4.78 is 1.30. The molecule has 4 heteroatoms. The number of hydrogen-bond acceptors (Lipinski definition) is 3. The predicted octanol–water partition coefficient (Wildman–Crippen LogP) is 2.66. The van der Waals surface area contributed by atoms with E-state index in [-0.39, 0.29) is 11.9 Å². The van der Waals surface area contributed by atoms with Crippen LogP contribution in [-0.2, 0) is 11.3 Å². The monoisotopic (exact) mass is 274 g/mol. The van der Waals surface area contributed by atoms with Gasteiger partial charge in [0, 0.05) is 17.3 Å². The van der Waals surface area contributed by atoms with E-state index in [9.17, 15) is 4.79 Å². The standard InChI is InChI=1S/C15H18N2OS/c1-10(15(18)17-12-6-7-12)16-8-11-9-19-14-5-3-2-4-13(11)14/h2-5,9-10,12,16H,6-8H2,1H3,(H,17,18). The lowest BCUT2D eigenvalue weighted by atomic mass is 10.1. The molecule has 2 N–H and O–H groups in total. The van der Waals surface area contributed by atoms with Gasteiger partial charge in [-0.2, -0.15) is 0 Å². The van der Waals surface area contributed by atoms with Crippen LogP contribution >= 0.6 is 11.3 Å². The third-order valence-corrected chi connectivity index (χ3v) is 4.49. The largest absolute Gasteiger partial charge is 0.352 e. The third kappa shape index (κ3) is 2.96. The topological polar surface area (TPSA) is 41.1 Å². The van der Waals surface area contributed by atoms with Crippen LogP contribution in [0.2, 0.25) is 0 Å². The Morgan fingerprint density at radius 1 is 1.42 bits per heavy atom. The molecule has 19 heavy (non-hydrogen) atoms. The van der Waals surface area contributed by atoms with Gasteiger partial charge in [-0.3, -0.25) is 4.79 Å². The van der Waals surface area contributed by atoms with Crippen LogP contribution in [0, 0.1) is 0 Å². The summed E-state index contributed by atoms with van der Waals surface area (Å²) in [4.78, 5) is 11.8. The van der Waals surface area contributed by atoms with Crippen molar-refractivity contribution in [3.8, 4) is 0 Å². The van der Waals surface area contributed by atoms with Gasteiger partial charge in [0.1, 0.15) is 0 Å². The molecule has 1 heterocycles. The zero-order valence-electron chi connectivity index (χ0n) is 11.0. The summed E-state index contributed by atoms with van der Waals surface area (Å²) in [7, 11) is 0. The molecule has 1 aliphatic carbocycles. The van der Waals surface area contributed by atoms with E-state index in [0.717, 1.165) is 19.4 Å². The van der Waals surface area contributed by atoms with Crippen LogP contribution in [0.3, 0.4) is 0 Å². The van der Waals surface area contributed by atoms with E-state index in [2.05, 4.69) is 40.3 Å². The fourth-order valence-electron chi connectivity index (χ4n) is 2.08. The molecule has 100 valence electrons. The van der Waals surface area contributed by atoms with Gasteiger partial charge in [0.25, 0.3) is 0 Å². The second-order valence-electron chi connectivity index (χ2n) is 5.14. The van der Waals surface area contributed by atoms with E-state index in [4.69, 9.17) is 0 Å². The van der Waals surface area contributed by atoms with Crippen molar-refractivity contribution in [2.75, 3.05) is 0 Å². The highest BCUT2D eigenvalue weighted by Gasteiger charge is 2.25. The highest BCUT2D eigenvalue weighted by molar-refractivity contribution is 7.17. The van der Waals surface area contributed by atoms with Crippen molar-refractivity contribution in [3.63, 3.8) is 0 Å². The first kappa shape index (κ1) is 12.6. The SMILES string of the molecule is CC(NCc1csc2ccccc12)C(=O)NC1CC1. The fraction of sp³-hybridized carbons (Fsp3) is 0.400. The van der Waals surface area contributed by atoms with E-state index in [1.807, 2.05) is 6.92 Å². The first-order chi connectivity index (χ1) is 9.24. The first-order valence-corrected chi connectivity index (χ1v) is 7.61. The van der Waals surface area contributed by atoms with Gasteiger partial charge in [-0.1, -0.05) is 18.2 Å². The maximum absolute atomic E-state index is 11.8. The number of benzene rings is 1. The smallest absolute Gasteiger partial charge is 0.237 e. The van der Waals surface area contributed by atoms with Crippen molar-refractivity contribution in [1.29, 1.82) is 0 Å². The van der Waals surface area contributed by atoms with Crippen LogP contribution in [0.4, 0.5) is 0 Å². The lowest BCUT2D eigenvalue weighted by Crippen LogP contribution is -2.42.